The monoisotopic (exact) mass is 438 g/mol. The number of hydrogen-bond donors (Lipinski definition) is 1. The minimum atomic E-state index is -1.16. The van der Waals surface area contributed by atoms with Gasteiger partial charge in [-0.1, -0.05) is 72.8 Å². The Kier molecular flexibility index (Phi) is 5.70. The molecule has 2 saturated heterocycles. The van der Waals surface area contributed by atoms with Crippen molar-refractivity contribution in [1.82, 2.24) is 0 Å². The van der Waals surface area contributed by atoms with E-state index in [1.165, 1.54) is 0 Å². The van der Waals surface area contributed by atoms with Crippen molar-refractivity contribution in [1.29, 1.82) is 0 Å². The maximum Gasteiger partial charge on any atom is 0.191 e. The lowest BCUT2D eigenvalue weighted by Gasteiger charge is -2.49. The fraction of sp³-hybridized carbons (Fsp3) is 0.462. The summed E-state index contributed by atoms with van der Waals surface area (Å²) in [5, 5.41) is 11.2. The number of benzene rings is 2. The third kappa shape index (κ3) is 3.71. The SMILES string of the molecule is CC1(C)O[C@H]2O[C@@]3(COCc4ccccc4)[C@@H](O)C=CC[C@]3(OCc3ccccc3)[C@H]2O1. The van der Waals surface area contributed by atoms with Crippen molar-refractivity contribution in [3.8, 4) is 0 Å². The first-order chi connectivity index (χ1) is 15.4. The summed E-state index contributed by atoms with van der Waals surface area (Å²) in [5.41, 5.74) is -0.0393. The van der Waals surface area contributed by atoms with Crippen molar-refractivity contribution in [2.24, 2.45) is 0 Å². The lowest BCUT2D eigenvalue weighted by Crippen LogP contribution is -2.67. The van der Waals surface area contributed by atoms with Crippen molar-refractivity contribution in [2.45, 2.75) is 69.0 Å². The quantitative estimate of drug-likeness (QED) is 0.665. The van der Waals surface area contributed by atoms with E-state index in [-0.39, 0.29) is 6.61 Å². The number of hydrogen-bond acceptors (Lipinski definition) is 6. The van der Waals surface area contributed by atoms with E-state index < -0.39 is 35.5 Å². The molecule has 2 aromatic rings. The smallest absolute Gasteiger partial charge is 0.191 e. The zero-order valence-corrected chi connectivity index (χ0v) is 18.5. The Hall–Kier alpha value is -2.06. The molecule has 1 aliphatic carbocycles. The number of ether oxygens (including phenoxy) is 5. The summed E-state index contributed by atoms with van der Waals surface area (Å²) >= 11 is 0. The molecule has 6 heteroatoms. The lowest BCUT2D eigenvalue weighted by molar-refractivity contribution is -0.298. The highest BCUT2D eigenvalue weighted by molar-refractivity contribution is 5.27. The summed E-state index contributed by atoms with van der Waals surface area (Å²) in [6, 6.07) is 19.9. The predicted octanol–water partition coefficient (Wildman–Crippen LogP) is 3.73. The molecule has 0 bridgehead atoms. The van der Waals surface area contributed by atoms with Crippen molar-refractivity contribution in [2.75, 3.05) is 6.61 Å². The van der Waals surface area contributed by atoms with E-state index >= 15 is 0 Å². The summed E-state index contributed by atoms with van der Waals surface area (Å²) in [7, 11) is 0. The molecular formula is C26H30O6. The first-order valence-corrected chi connectivity index (χ1v) is 11.1. The highest BCUT2D eigenvalue weighted by Gasteiger charge is 2.74. The molecule has 5 atom stereocenters. The molecule has 2 fully saturated rings. The van der Waals surface area contributed by atoms with Gasteiger partial charge in [0, 0.05) is 6.42 Å². The Labute approximate surface area is 188 Å². The number of fused-ring (bicyclic) bond motifs is 3. The second-order valence-corrected chi connectivity index (χ2v) is 9.15. The standard InChI is InChI=1S/C26H30O6/c1-24(2)30-22-23(31-24)32-26(18-28-16-19-10-5-3-6-11-19)21(27)14-9-15-25(22,26)29-17-20-12-7-4-8-13-20/h3-14,21-23,27H,15-18H2,1-2H3/t21-,22-,23-,25-,26-/m0/s1. The molecule has 170 valence electrons. The number of aliphatic hydroxyl groups excluding tert-OH is 1. The zero-order chi connectivity index (χ0) is 22.2. The van der Waals surface area contributed by atoms with Gasteiger partial charge in [0.1, 0.15) is 17.8 Å². The summed E-state index contributed by atoms with van der Waals surface area (Å²) in [6.45, 7) is 4.63. The largest absolute Gasteiger partial charge is 0.386 e. The van der Waals surface area contributed by atoms with Crippen LogP contribution in [-0.2, 0) is 36.9 Å². The molecule has 0 aromatic heterocycles. The molecule has 1 N–H and O–H groups in total. The molecule has 0 spiro atoms. The highest BCUT2D eigenvalue weighted by atomic mass is 16.9. The molecule has 0 saturated carbocycles. The maximum absolute atomic E-state index is 11.2. The minimum Gasteiger partial charge on any atom is -0.386 e. The second kappa shape index (κ2) is 8.37. The van der Waals surface area contributed by atoms with Gasteiger partial charge in [0.25, 0.3) is 0 Å². The van der Waals surface area contributed by atoms with Crippen molar-refractivity contribution in [3.05, 3.63) is 83.9 Å². The first kappa shape index (κ1) is 21.8. The maximum atomic E-state index is 11.2. The molecule has 0 unspecified atom stereocenters. The van der Waals surface area contributed by atoms with E-state index in [4.69, 9.17) is 23.7 Å². The molecule has 2 aromatic carbocycles. The minimum absolute atomic E-state index is 0.141. The van der Waals surface area contributed by atoms with Crippen LogP contribution < -0.4 is 0 Å². The molecule has 0 amide bonds. The van der Waals surface area contributed by atoms with Crippen LogP contribution in [0.1, 0.15) is 31.4 Å². The van der Waals surface area contributed by atoms with Crippen LogP contribution in [-0.4, -0.2) is 47.2 Å². The Balaban J connectivity index is 1.45. The molecule has 2 heterocycles. The average molecular weight is 439 g/mol. The van der Waals surface area contributed by atoms with Crippen LogP contribution in [0.25, 0.3) is 0 Å². The Morgan fingerprint density at radius 3 is 2.25 bits per heavy atom. The fourth-order valence-electron chi connectivity index (χ4n) is 5.00. The number of aliphatic hydroxyl groups is 1. The fourth-order valence-corrected chi connectivity index (χ4v) is 5.00. The normalized spacial score (nSPS) is 34.9. The van der Waals surface area contributed by atoms with Gasteiger partial charge in [-0.3, -0.25) is 0 Å². The van der Waals surface area contributed by atoms with E-state index in [0.29, 0.717) is 19.6 Å². The van der Waals surface area contributed by atoms with Gasteiger partial charge in [0.2, 0.25) is 0 Å². The van der Waals surface area contributed by atoms with Gasteiger partial charge in [-0.2, -0.15) is 0 Å². The van der Waals surface area contributed by atoms with Crippen molar-refractivity contribution in [3.63, 3.8) is 0 Å². The van der Waals surface area contributed by atoms with Gasteiger partial charge in [-0.05, 0) is 25.0 Å². The van der Waals surface area contributed by atoms with E-state index in [9.17, 15) is 5.11 Å². The van der Waals surface area contributed by atoms with Crippen LogP contribution in [0, 0.1) is 0 Å². The highest BCUT2D eigenvalue weighted by Crippen LogP contribution is 2.55. The van der Waals surface area contributed by atoms with Crippen LogP contribution in [0.5, 0.6) is 0 Å². The van der Waals surface area contributed by atoms with Crippen molar-refractivity contribution < 1.29 is 28.8 Å². The molecular weight excluding hydrogens is 408 g/mol. The van der Waals surface area contributed by atoms with E-state index in [0.717, 1.165) is 11.1 Å². The Bertz CT molecular complexity index is 945. The third-order valence-electron chi connectivity index (χ3n) is 6.54. The average Bonchev–Trinajstić information content (AvgIpc) is 3.23. The summed E-state index contributed by atoms with van der Waals surface area (Å²) < 4.78 is 31.6. The third-order valence-corrected chi connectivity index (χ3v) is 6.54. The van der Waals surface area contributed by atoms with Crippen LogP contribution in [0.2, 0.25) is 0 Å². The van der Waals surface area contributed by atoms with E-state index in [2.05, 4.69) is 0 Å². The zero-order valence-electron chi connectivity index (χ0n) is 18.5. The molecule has 2 aliphatic heterocycles. The van der Waals surface area contributed by atoms with Gasteiger partial charge in [-0.15, -0.1) is 0 Å². The van der Waals surface area contributed by atoms with Crippen LogP contribution in [0.15, 0.2) is 72.8 Å². The molecule has 0 radical (unpaired) electrons. The summed E-state index contributed by atoms with van der Waals surface area (Å²) in [5.74, 6) is -0.804. The lowest BCUT2D eigenvalue weighted by atomic mass is 9.71. The second-order valence-electron chi connectivity index (χ2n) is 9.15. The van der Waals surface area contributed by atoms with Crippen molar-refractivity contribution >= 4 is 0 Å². The topological polar surface area (TPSA) is 66.4 Å². The summed E-state index contributed by atoms with van der Waals surface area (Å²) in [6.07, 6.45) is 2.13. The summed E-state index contributed by atoms with van der Waals surface area (Å²) in [4.78, 5) is 0. The number of rotatable bonds is 7. The van der Waals surface area contributed by atoms with Gasteiger partial charge in [0.15, 0.2) is 17.7 Å². The first-order valence-electron chi connectivity index (χ1n) is 11.1. The van der Waals surface area contributed by atoms with Gasteiger partial charge < -0.3 is 28.8 Å². The van der Waals surface area contributed by atoms with E-state index in [1.807, 2.05) is 80.6 Å². The van der Waals surface area contributed by atoms with E-state index in [1.54, 1.807) is 6.08 Å². The van der Waals surface area contributed by atoms with Crippen LogP contribution in [0.3, 0.4) is 0 Å². The van der Waals surface area contributed by atoms with Gasteiger partial charge >= 0.3 is 0 Å². The van der Waals surface area contributed by atoms with Crippen LogP contribution >= 0.6 is 0 Å². The molecule has 3 aliphatic rings. The van der Waals surface area contributed by atoms with Crippen LogP contribution in [0.4, 0.5) is 0 Å². The Morgan fingerprint density at radius 1 is 0.906 bits per heavy atom. The molecule has 6 nitrogen and oxygen atoms in total. The van der Waals surface area contributed by atoms with Gasteiger partial charge in [0.05, 0.1) is 19.8 Å². The van der Waals surface area contributed by atoms with Gasteiger partial charge in [-0.25, -0.2) is 0 Å². The Morgan fingerprint density at radius 2 is 1.56 bits per heavy atom. The molecule has 32 heavy (non-hydrogen) atoms. The predicted molar refractivity (Wildman–Crippen MR) is 117 cm³/mol. The molecule has 5 rings (SSSR count).